The molecule has 0 saturated heterocycles. The van der Waals surface area contributed by atoms with Gasteiger partial charge in [-0.1, -0.05) is 66.7 Å². The van der Waals surface area contributed by atoms with Crippen LogP contribution in [-0.4, -0.2) is 50.2 Å². The highest BCUT2D eigenvalue weighted by Gasteiger charge is 2.20. The van der Waals surface area contributed by atoms with E-state index in [1.807, 2.05) is 66.7 Å². The third-order valence-corrected chi connectivity index (χ3v) is 10.5. The van der Waals surface area contributed by atoms with Gasteiger partial charge in [-0.2, -0.15) is 0 Å². The van der Waals surface area contributed by atoms with E-state index in [0.717, 1.165) is 47.0 Å². The van der Waals surface area contributed by atoms with Crippen LogP contribution in [0.1, 0.15) is 58.4 Å². The Morgan fingerprint density at radius 1 is 0.679 bits per heavy atom. The van der Waals surface area contributed by atoms with Crippen LogP contribution in [0.15, 0.2) is 137 Å². The van der Waals surface area contributed by atoms with Crippen LogP contribution in [0.5, 0.6) is 11.5 Å². The number of para-hydroxylation sites is 1. The second kappa shape index (κ2) is 19.4. The zero-order valence-corrected chi connectivity index (χ0v) is 30.7. The van der Waals surface area contributed by atoms with Crippen molar-refractivity contribution < 1.29 is 37.4 Å². The van der Waals surface area contributed by atoms with Crippen LogP contribution in [0.2, 0.25) is 0 Å². The first-order valence-electron chi connectivity index (χ1n) is 17.3. The number of thioether (sulfide) groups is 1. The van der Waals surface area contributed by atoms with Crippen molar-refractivity contribution in [2.75, 3.05) is 19.0 Å². The van der Waals surface area contributed by atoms with Crippen LogP contribution in [0.4, 0.5) is 0 Å². The fourth-order valence-corrected chi connectivity index (χ4v) is 7.37. The Kier molecular flexibility index (Phi) is 14.2. The second-order valence-corrected chi connectivity index (χ2v) is 15.0. The lowest BCUT2D eigenvalue weighted by molar-refractivity contribution is -0.137. The molecule has 0 atom stereocenters. The Labute approximate surface area is 314 Å². The van der Waals surface area contributed by atoms with Gasteiger partial charge in [0.2, 0.25) is 0 Å². The number of benzene rings is 5. The Hall–Kier alpha value is -5.39. The fraction of sp³-hybridized carbons (Fsp3) is 0.214. The van der Waals surface area contributed by atoms with Gasteiger partial charge in [-0.3, -0.25) is 14.4 Å². The van der Waals surface area contributed by atoms with Crippen LogP contribution < -0.4 is 14.2 Å². The molecule has 2 N–H and O–H groups in total. The molecule has 274 valence electrons. The van der Waals surface area contributed by atoms with Gasteiger partial charge in [0.1, 0.15) is 11.5 Å². The van der Waals surface area contributed by atoms with Crippen molar-refractivity contribution >= 4 is 39.4 Å². The molecule has 0 spiro atoms. The van der Waals surface area contributed by atoms with Gasteiger partial charge in [0, 0.05) is 34.6 Å². The minimum atomic E-state index is -4.09. The van der Waals surface area contributed by atoms with E-state index in [-0.39, 0.29) is 35.5 Å². The zero-order valence-electron chi connectivity index (χ0n) is 29.1. The van der Waals surface area contributed by atoms with E-state index in [0.29, 0.717) is 29.9 Å². The van der Waals surface area contributed by atoms with E-state index in [9.17, 15) is 22.8 Å². The molecule has 0 saturated carbocycles. The van der Waals surface area contributed by atoms with Crippen molar-refractivity contribution in [1.29, 1.82) is 0 Å². The molecule has 0 aromatic heterocycles. The third-order valence-electron chi connectivity index (χ3n) is 8.20. The lowest BCUT2D eigenvalue weighted by atomic mass is 9.94. The largest absolute Gasteiger partial charge is 0.494 e. The lowest BCUT2D eigenvalue weighted by Gasteiger charge is -2.13. The maximum Gasteiger partial charge on any atom is 0.303 e. The number of rotatable bonds is 20. The van der Waals surface area contributed by atoms with Crippen LogP contribution >= 0.6 is 11.8 Å². The summed E-state index contributed by atoms with van der Waals surface area (Å²) < 4.78 is 39.3. The van der Waals surface area contributed by atoms with Crippen molar-refractivity contribution in [1.82, 2.24) is 4.72 Å². The quantitative estimate of drug-likeness (QED) is 0.0456. The average Bonchev–Trinajstić information content (AvgIpc) is 3.17. The molecule has 5 rings (SSSR count). The molecule has 0 aliphatic heterocycles. The summed E-state index contributed by atoms with van der Waals surface area (Å²) in [5.41, 5.74) is 2.77. The predicted octanol–water partition coefficient (Wildman–Crippen LogP) is 8.48. The zero-order chi connectivity index (χ0) is 37.5. The number of aryl methyl sites for hydroxylation is 1. The first-order valence-corrected chi connectivity index (χ1v) is 19.8. The normalized spacial score (nSPS) is 11.1. The van der Waals surface area contributed by atoms with Crippen LogP contribution in [0.3, 0.4) is 0 Å². The van der Waals surface area contributed by atoms with Gasteiger partial charge in [-0.15, -0.1) is 11.8 Å². The minimum absolute atomic E-state index is 0.0367. The molecule has 5 aromatic carbocycles. The molecule has 0 aliphatic carbocycles. The smallest absolute Gasteiger partial charge is 0.303 e. The molecule has 53 heavy (non-hydrogen) atoms. The SMILES string of the molecule is O=C(O)CCCC(=O)c1cc(SCCc2ccc(OCCCCOc3ccccc3)cc2)ccc1-c1cccc(C(=O)NS(=O)(=O)c2ccccc2)c1. The molecule has 9 nitrogen and oxygen atoms in total. The standard InChI is InChI=1S/C42H41NO8S2/c44-40(17-10-18-41(45)46)39-30-36(52-28-25-31-19-21-35(22-20-31)51-27-8-7-26-50-34-13-3-1-4-14-34)23-24-38(39)32-11-9-12-33(29-32)42(47)43-53(48,49)37-15-5-2-6-16-37/h1-6,9,11-16,19-24,29-30H,7-8,10,17-18,25-28H2,(H,43,47)(H,45,46). The molecule has 0 radical (unpaired) electrons. The molecule has 0 unspecified atom stereocenters. The maximum absolute atomic E-state index is 13.5. The maximum atomic E-state index is 13.5. The van der Waals surface area contributed by atoms with Crippen molar-refractivity contribution in [2.45, 2.75) is 48.3 Å². The highest BCUT2D eigenvalue weighted by Crippen LogP contribution is 2.31. The van der Waals surface area contributed by atoms with Crippen LogP contribution in [0, 0.1) is 0 Å². The number of hydrogen-bond acceptors (Lipinski definition) is 8. The molecule has 0 bridgehead atoms. The van der Waals surface area contributed by atoms with Crippen LogP contribution in [-0.2, 0) is 21.2 Å². The number of carbonyl (C=O) groups excluding carboxylic acids is 2. The topological polar surface area (TPSA) is 136 Å². The first-order chi connectivity index (χ1) is 25.7. The number of unbranched alkanes of at least 4 members (excludes halogenated alkanes) is 1. The molecular formula is C42H41NO8S2. The molecule has 0 heterocycles. The summed E-state index contributed by atoms with van der Waals surface area (Å²) in [4.78, 5) is 38.5. The first kappa shape index (κ1) is 38.8. The van der Waals surface area contributed by atoms with Crippen molar-refractivity contribution in [3.05, 3.63) is 144 Å². The summed E-state index contributed by atoms with van der Waals surface area (Å²) in [6, 6.07) is 37.3. The predicted molar refractivity (Wildman–Crippen MR) is 206 cm³/mol. The lowest BCUT2D eigenvalue weighted by Crippen LogP contribution is -2.30. The number of amides is 1. The summed E-state index contributed by atoms with van der Waals surface area (Å²) in [7, 11) is -4.09. The Balaban J connectivity index is 1.19. The number of carboxylic acids is 1. The Morgan fingerprint density at radius 3 is 2.02 bits per heavy atom. The highest BCUT2D eigenvalue weighted by atomic mass is 32.2. The Bertz CT molecular complexity index is 2090. The average molecular weight is 752 g/mol. The summed E-state index contributed by atoms with van der Waals surface area (Å²) in [6.07, 6.45) is 2.66. The van der Waals surface area contributed by atoms with Gasteiger partial charge in [0.05, 0.1) is 18.1 Å². The summed E-state index contributed by atoms with van der Waals surface area (Å²) in [6.45, 7) is 1.25. The van der Waals surface area contributed by atoms with Gasteiger partial charge in [-0.05, 0) is 103 Å². The number of ether oxygens (including phenoxy) is 2. The molecule has 11 heteroatoms. The molecule has 5 aromatic rings. The van der Waals surface area contributed by atoms with E-state index in [4.69, 9.17) is 14.6 Å². The van der Waals surface area contributed by atoms with Gasteiger partial charge in [0.15, 0.2) is 5.78 Å². The molecule has 0 fully saturated rings. The monoisotopic (exact) mass is 751 g/mol. The van der Waals surface area contributed by atoms with Gasteiger partial charge in [-0.25, -0.2) is 13.1 Å². The number of carbonyl (C=O) groups is 3. The summed E-state index contributed by atoms with van der Waals surface area (Å²) >= 11 is 1.60. The van der Waals surface area contributed by atoms with E-state index in [2.05, 4.69) is 4.72 Å². The van der Waals surface area contributed by atoms with Crippen molar-refractivity contribution in [3.8, 4) is 22.6 Å². The second-order valence-electron chi connectivity index (χ2n) is 12.2. The number of hydrogen-bond donors (Lipinski definition) is 2. The summed E-state index contributed by atoms with van der Waals surface area (Å²) in [5, 5.41) is 9.11. The summed E-state index contributed by atoms with van der Waals surface area (Å²) in [5.74, 6) is 0.430. The number of sulfonamides is 1. The minimum Gasteiger partial charge on any atom is -0.494 e. The van der Waals surface area contributed by atoms with Gasteiger partial charge in [0.25, 0.3) is 15.9 Å². The van der Waals surface area contributed by atoms with Gasteiger partial charge >= 0.3 is 5.97 Å². The van der Waals surface area contributed by atoms with E-state index in [1.54, 1.807) is 54.2 Å². The fourth-order valence-electron chi connectivity index (χ4n) is 5.44. The number of ketones is 1. The van der Waals surface area contributed by atoms with E-state index in [1.165, 1.54) is 18.2 Å². The molecular weight excluding hydrogens is 711 g/mol. The van der Waals surface area contributed by atoms with E-state index < -0.39 is 21.9 Å². The molecule has 0 aliphatic rings. The number of Topliss-reactive ketones (excluding diaryl/α,β-unsaturated/α-hetero) is 1. The third kappa shape index (κ3) is 12.1. The number of nitrogens with one attached hydrogen (secondary N) is 1. The Morgan fingerprint density at radius 2 is 1.34 bits per heavy atom. The highest BCUT2D eigenvalue weighted by molar-refractivity contribution is 7.99. The van der Waals surface area contributed by atoms with Crippen molar-refractivity contribution in [3.63, 3.8) is 0 Å². The van der Waals surface area contributed by atoms with Crippen LogP contribution in [0.25, 0.3) is 11.1 Å². The van der Waals surface area contributed by atoms with Crippen molar-refractivity contribution in [2.24, 2.45) is 0 Å². The van der Waals surface area contributed by atoms with Gasteiger partial charge < -0.3 is 14.6 Å². The van der Waals surface area contributed by atoms with E-state index >= 15 is 0 Å². The number of carboxylic acid groups (broad SMARTS) is 1. The molecule has 1 amide bonds. The number of aliphatic carboxylic acids is 1.